The highest BCUT2D eigenvalue weighted by Gasteiger charge is 2.24. The highest BCUT2D eigenvalue weighted by atomic mass is 16.5. The van der Waals surface area contributed by atoms with Crippen molar-refractivity contribution in [2.45, 2.75) is 12.6 Å². The first kappa shape index (κ1) is 16.5. The van der Waals surface area contributed by atoms with Crippen LogP contribution in [0.2, 0.25) is 0 Å². The van der Waals surface area contributed by atoms with Crippen LogP contribution in [-0.4, -0.2) is 55.3 Å². The Bertz CT molecular complexity index is 659. The summed E-state index contributed by atoms with van der Waals surface area (Å²) in [5.41, 5.74) is 0.962. The molecule has 0 aliphatic carbocycles. The van der Waals surface area contributed by atoms with Gasteiger partial charge in [-0.15, -0.1) is 0 Å². The van der Waals surface area contributed by atoms with E-state index in [4.69, 9.17) is 9.15 Å². The lowest BCUT2D eigenvalue weighted by Crippen LogP contribution is -2.51. The van der Waals surface area contributed by atoms with E-state index in [1.54, 1.807) is 13.2 Å². The fourth-order valence-corrected chi connectivity index (χ4v) is 2.68. The summed E-state index contributed by atoms with van der Waals surface area (Å²) in [5, 5.41) is 5.38. The standard InChI is InChI=1S/C17H22N4O3/c1-18-17(22)20-9-14-12-23-8-7-21(14)11-15-10-19-16(24-15)13-5-3-2-4-6-13/h2-6,10,14H,7-9,11-12H2,1H3,(H2,18,20,22). The van der Waals surface area contributed by atoms with Crippen molar-refractivity contribution < 1.29 is 13.9 Å². The van der Waals surface area contributed by atoms with Gasteiger partial charge in [-0.2, -0.15) is 0 Å². The molecule has 1 aromatic heterocycles. The van der Waals surface area contributed by atoms with Gasteiger partial charge in [0.1, 0.15) is 5.76 Å². The number of oxazole rings is 1. The van der Waals surface area contributed by atoms with E-state index >= 15 is 0 Å². The van der Waals surface area contributed by atoms with Crippen molar-refractivity contribution in [3.8, 4) is 11.5 Å². The number of rotatable bonds is 5. The molecule has 2 heterocycles. The number of ether oxygens (including phenoxy) is 1. The van der Waals surface area contributed by atoms with E-state index in [-0.39, 0.29) is 12.1 Å². The van der Waals surface area contributed by atoms with Gasteiger partial charge >= 0.3 is 6.03 Å². The Hall–Kier alpha value is -2.38. The molecule has 0 bridgehead atoms. The summed E-state index contributed by atoms with van der Waals surface area (Å²) in [6.45, 7) is 3.23. The first-order chi connectivity index (χ1) is 11.8. The summed E-state index contributed by atoms with van der Waals surface area (Å²) in [5.74, 6) is 1.43. The molecular formula is C17H22N4O3. The van der Waals surface area contributed by atoms with Gasteiger partial charge in [0.05, 0.1) is 32.0 Å². The maximum Gasteiger partial charge on any atom is 0.314 e. The molecule has 3 rings (SSSR count). The fourth-order valence-electron chi connectivity index (χ4n) is 2.68. The minimum atomic E-state index is -0.188. The number of hydrogen-bond acceptors (Lipinski definition) is 5. The molecule has 1 fully saturated rings. The highest BCUT2D eigenvalue weighted by Crippen LogP contribution is 2.20. The molecule has 2 aromatic rings. The molecule has 2 N–H and O–H groups in total. The zero-order valence-electron chi connectivity index (χ0n) is 13.7. The summed E-state index contributed by atoms with van der Waals surface area (Å²) in [7, 11) is 1.60. The minimum absolute atomic E-state index is 0.112. The Morgan fingerprint density at radius 2 is 2.21 bits per heavy atom. The van der Waals surface area contributed by atoms with Gasteiger partial charge in [0, 0.05) is 25.7 Å². The van der Waals surface area contributed by atoms with E-state index in [1.807, 2.05) is 30.3 Å². The molecular weight excluding hydrogens is 308 g/mol. The van der Waals surface area contributed by atoms with Crippen molar-refractivity contribution in [3.05, 3.63) is 42.3 Å². The second-order valence-corrected chi connectivity index (χ2v) is 5.66. The van der Waals surface area contributed by atoms with Crippen LogP contribution in [0.5, 0.6) is 0 Å². The summed E-state index contributed by atoms with van der Waals surface area (Å²) in [4.78, 5) is 18.0. The summed E-state index contributed by atoms with van der Waals surface area (Å²) in [6.07, 6.45) is 1.76. The predicted molar refractivity (Wildman–Crippen MR) is 89.4 cm³/mol. The normalized spacial score (nSPS) is 18.3. The van der Waals surface area contributed by atoms with Crippen LogP contribution in [0.25, 0.3) is 11.5 Å². The molecule has 24 heavy (non-hydrogen) atoms. The summed E-state index contributed by atoms with van der Waals surface area (Å²) < 4.78 is 11.4. The lowest BCUT2D eigenvalue weighted by Gasteiger charge is -2.34. The van der Waals surface area contributed by atoms with Crippen LogP contribution in [0, 0.1) is 0 Å². The molecule has 1 atom stereocenters. The van der Waals surface area contributed by atoms with Gasteiger partial charge in [-0.3, -0.25) is 4.90 Å². The van der Waals surface area contributed by atoms with Gasteiger partial charge in [0.15, 0.2) is 0 Å². The molecule has 1 unspecified atom stereocenters. The fraction of sp³-hybridized carbons (Fsp3) is 0.412. The lowest BCUT2D eigenvalue weighted by atomic mass is 10.2. The van der Waals surface area contributed by atoms with Crippen LogP contribution in [0.4, 0.5) is 4.79 Å². The first-order valence-corrected chi connectivity index (χ1v) is 8.04. The third kappa shape index (κ3) is 4.12. The molecule has 128 valence electrons. The molecule has 0 radical (unpaired) electrons. The molecule has 7 nitrogen and oxygen atoms in total. The van der Waals surface area contributed by atoms with Crippen molar-refractivity contribution in [1.82, 2.24) is 20.5 Å². The number of amides is 2. The average Bonchev–Trinajstić information content (AvgIpc) is 3.10. The van der Waals surface area contributed by atoms with Gasteiger partial charge in [0.25, 0.3) is 0 Å². The lowest BCUT2D eigenvalue weighted by molar-refractivity contribution is -0.0125. The Kier molecular flexibility index (Phi) is 5.45. The highest BCUT2D eigenvalue weighted by molar-refractivity contribution is 5.73. The maximum atomic E-state index is 11.4. The molecule has 7 heteroatoms. The van der Waals surface area contributed by atoms with E-state index in [9.17, 15) is 4.79 Å². The zero-order valence-corrected chi connectivity index (χ0v) is 13.7. The van der Waals surface area contributed by atoms with Crippen LogP contribution in [-0.2, 0) is 11.3 Å². The number of hydrogen-bond donors (Lipinski definition) is 2. The molecule has 2 amide bonds. The molecule has 1 aliphatic rings. The van der Waals surface area contributed by atoms with Crippen molar-refractivity contribution in [2.24, 2.45) is 0 Å². The number of nitrogens with one attached hydrogen (secondary N) is 2. The number of morpholine rings is 1. The minimum Gasteiger partial charge on any atom is -0.440 e. The van der Waals surface area contributed by atoms with E-state index in [0.717, 1.165) is 17.9 Å². The van der Waals surface area contributed by atoms with Gasteiger partial charge in [-0.05, 0) is 12.1 Å². The third-order valence-electron chi connectivity index (χ3n) is 4.01. The van der Waals surface area contributed by atoms with Gasteiger partial charge in [0.2, 0.25) is 5.89 Å². The van der Waals surface area contributed by atoms with Gasteiger partial charge in [-0.1, -0.05) is 18.2 Å². The second kappa shape index (κ2) is 7.94. The van der Waals surface area contributed by atoms with E-state index in [2.05, 4.69) is 20.5 Å². The van der Waals surface area contributed by atoms with Crippen LogP contribution in [0.3, 0.4) is 0 Å². The van der Waals surface area contributed by atoms with E-state index in [1.165, 1.54) is 0 Å². The Morgan fingerprint density at radius 3 is 3.00 bits per heavy atom. The van der Waals surface area contributed by atoms with Crippen LogP contribution < -0.4 is 10.6 Å². The van der Waals surface area contributed by atoms with E-state index in [0.29, 0.717) is 32.2 Å². The quantitative estimate of drug-likeness (QED) is 0.868. The number of aromatic nitrogens is 1. The average molecular weight is 330 g/mol. The number of urea groups is 1. The summed E-state index contributed by atoms with van der Waals surface area (Å²) in [6, 6.07) is 9.75. The molecule has 1 saturated heterocycles. The van der Waals surface area contributed by atoms with Crippen LogP contribution in [0.1, 0.15) is 5.76 Å². The largest absolute Gasteiger partial charge is 0.440 e. The van der Waals surface area contributed by atoms with Crippen molar-refractivity contribution in [1.29, 1.82) is 0 Å². The Balaban J connectivity index is 1.63. The van der Waals surface area contributed by atoms with Crippen LogP contribution in [0.15, 0.2) is 40.9 Å². The molecule has 1 aromatic carbocycles. The first-order valence-electron chi connectivity index (χ1n) is 8.04. The smallest absolute Gasteiger partial charge is 0.314 e. The summed E-state index contributed by atoms with van der Waals surface area (Å²) >= 11 is 0. The number of benzene rings is 1. The third-order valence-corrected chi connectivity index (χ3v) is 4.01. The van der Waals surface area contributed by atoms with Crippen molar-refractivity contribution in [2.75, 3.05) is 33.4 Å². The molecule has 1 aliphatic heterocycles. The second-order valence-electron chi connectivity index (χ2n) is 5.66. The Morgan fingerprint density at radius 1 is 1.38 bits per heavy atom. The van der Waals surface area contributed by atoms with E-state index < -0.39 is 0 Å². The zero-order chi connectivity index (χ0) is 16.8. The van der Waals surface area contributed by atoms with Crippen molar-refractivity contribution >= 4 is 6.03 Å². The van der Waals surface area contributed by atoms with Gasteiger partial charge < -0.3 is 19.8 Å². The Labute approximate surface area is 141 Å². The number of nitrogens with zero attached hydrogens (tertiary/aromatic N) is 2. The number of carbonyl (C=O) groups excluding carboxylic acids is 1. The van der Waals surface area contributed by atoms with Crippen molar-refractivity contribution in [3.63, 3.8) is 0 Å². The number of carbonyl (C=O) groups is 1. The maximum absolute atomic E-state index is 11.4. The SMILES string of the molecule is CNC(=O)NCC1COCCN1Cc1cnc(-c2ccccc2)o1. The van der Waals surface area contributed by atoms with Gasteiger partial charge in [-0.25, -0.2) is 9.78 Å². The monoisotopic (exact) mass is 330 g/mol. The topological polar surface area (TPSA) is 79.6 Å². The predicted octanol–water partition coefficient (Wildman–Crippen LogP) is 1.47. The molecule has 0 saturated carbocycles. The molecule has 0 spiro atoms. The van der Waals surface area contributed by atoms with Crippen LogP contribution >= 0.6 is 0 Å².